The molecule has 1 aliphatic heterocycles. The van der Waals surface area contributed by atoms with E-state index >= 15 is 0 Å². The minimum atomic E-state index is -0.334. The number of carbonyl (C=O) groups excluding carboxylic acids is 1. The van der Waals surface area contributed by atoms with Crippen LogP contribution in [0.25, 0.3) is 15.9 Å². The van der Waals surface area contributed by atoms with Gasteiger partial charge in [0.25, 0.3) is 5.56 Å². The highest BCUT2D eigenvalue weighted by Gasteiger charge is 2.31. The van der Waals surface area contributed by atoms with Crippen LogP contribution in [0.3, 0.4) is 0 Å². The quantitative estimate of drug-likeness (QED) is 0.181. The van der Waals surface area contributed by atoms with Crippen molar-refractivity contribution in [3.05, 3.63) is 85.5 Å². The number of nitrogens with zero attached hydrogens (tertiary/aromatic N) is 2. The molecule has 0 bridgehead atoms. The van der Waals surface area contributed by atoms with Crippen molar-refractivity contribution in [2.75, 3.05) is 5.75 Å². The van der Waals surface area contributed by atoms with Crippen molar-refractivity contribution >= 4 is 50.7 Å². The van der Waals surface area contributed by atoms with Gasteiger partial charge in [0.1, 0.15) is 4.83 Å². The van der Waals surface area contributed by atoms with Crippen LogP contribution in [0, 0.1) is 6.92 Å². The molecule has 0 unspecified atom stereocenters. The van der Waals surface area contributed by atoms with Gasteiger partial charge in [-0.1, -0.05) is 41.6 Å². The maximum Gasteiger partial charge on any atom is 0.267 e. The first-order valence-electron chi connectivity index (χ1n) is 10.9. The number of thiophene rings is 1. The third-order valence-electron chi connectivity index (χ3n) is 5.93. The van der Waals surface area contributed by atoms with Gasteiger partial charge in [-0.2, -0.15) is 0 Å². The SMILES string of the molecule is Cc1ccccc1-n1c(SCC(=O)c2ccc(Cl)cc2)nc2sc3c(c2c1=O)CC(C)(C)OC3. The molecule has 8 heteroatoms. The van der Waals surface area contributed by atoms with Crippen molar-refractivity contribution in [3.63, 3.8) is 0 Å². The number of hydrogen-bond acceptors (Lipinski definition) is 6. The van der Waals surface area contributed by atoms with Crippen molar-refractivity contribution in [3.8, 4) is 5.69 Å². The molecule has 0 radical (unpaired) electrons. The van der Waals surface area contributed by atoms with E-state index in [0.29, 0.717) is 39.0 Å². The molecular formula is C26H23ClN2O3S2. The first kappa shape index (κ1) is 23.3. The standard InChI is InChI=1S/C26H23ClN2O3S2/c1-15-6-4-5-7-19(15)29-24(31)22-18-12-26(2,3)32-13-21(18)34-23(22)28-25(29)33-14-20(30)16-8-10-17(27)11-9-16/h4-11H,12-14H2,1-3H3. The van der Waals surface area contributed by atoms with E-state index in [1.54, 1.807) is 28.8 Å². The van der Waals surface area contributed by atoms with Gasteiger partial charge in [0, 0.05) is 21.9 Å². The summed E-state index contributed by atoms with van der Waals surface area (Å²) < 4.78 is 7.64. The summed E-state index contributed by atoms with van der Waals surface area (Å²) in [5.41, 5.74) is 2.91. The first-order valence-corrected chi connectivity index (χ1v) is 13.1. The number of benzene rings is 2. The number of aryl methyl sites for hydroxylation is 1. The normalized spacial score (nSPS) is 14.8. The van der Waals surface area contributed by atoms with Crippen molar-refractivity contribution in [1.82, 2.24) is 9.55 Å². The molecule has 5 rings (SSSR count). The van der Waals surface area contributed by atoms with Gasteiger partial charge in [0.2, 0.25) is 0 Å². The summed E-state index contributed by atoms with van der Waals surface area (Å²) in [7, 11) is 0. The molecule has 0 spiro atoms. The molecule has 0 amide bonds. The fraction of sp³-hybridized carbons (Fsp3) is 0.269. The Morgan fingerprint density at radius 2 is 1.94 bits per heavy atom. The second-order valence-electron chi connectivity index (χ2n) is 8.95. The fourth-order valence-corrected chi connectivity index (χ4v) is 6.32. The van der Waals surface area contributed by atoms with Gasteiger partial charge in [-0.3, -0.25) is 14.2 Å². The predicted octanol–water partition coefficient (Wildman–Crippen LogP) is 6.24. The molecule has 3 heterocycles. The topological polar surface area (TPSA) is 61.2 Å². The van der Waals surface area contributed by atoms with Crippen LogP contribution in [0.2, 0.25) is 5.02 Å². The Morgan fingerprint density at radius 3 is 2.68 bits per heavy atom. The Morgan fingerprint density at radius 1 is 1.21 bits per heavy atom. The molecule has 4 aromatic rings. The number of ketones is 1. The van der Waals surface area contributed by atoms with E-state index in [9.17, 15) is 9.59 Å². The lowest BCUT2D eigenvalue weighted by Crippen LogP contribution is -2.32. The lowest BCUT2D eigenvalue weighted by Gasteiger charge is -2.30. The Balaban J connectivity index is 1.62. The maximum atomic E-state index is 14.0. The van der Waals surface area contributed by atoms with Crippen LogP contribution in [0.5, 0.6) is 0 Å². The van der Waals surface area contributed by atoms with E-state index in [0.717, 1.165) is 21.7 Å². The number of hydrogen-bond donors (Lipinski definition) is 0. The zero-order valence-corrected chi connectivity index (χ0v) is 21.4. The van der Waals surface area contributed by atoms with Gasteiger partial charge in [0.15, 0.2) is 10.9 Å². The fourth-order valence-electron chi connectivity index (χ4n) is 4.15. The Bertz CT molecular complexity index is 1470. The number of thioether (sulfide) groups is 1. The third kappa shape index (κ3) is 4.33. The number of carbonyl (C=O) groups is 1. The smallest absolute Gasteiger partial charge is 0.267 e. The molecule has 0 fully saturated rings. The van der Waals surface area contributed by atoms with Crippen LogP contribution in [-0.4, -0.2) is 26.7 Å². The number of rotatable bonds is 5. The van der Waals surface area contributed by atoms with Crippen molar-refractivity contribution < 1.29 is 9.53 Å². The van der Waals surface area contributed by atoms with Crippen molar-refractivity contribution in [2.24, 2.45) is 0 Å². The van der Waals surface area contributed by atoms with Crippen LogP contribution in [0.15, 0.2) is 58.5 Å². The second kappa shape index (κ2) is 8.96. The van der Waals surface area contributed by atoms with E-state index in [1.165, 1.54) is 23.1 Å². The molecule has 2 aromatic heterocycles. The van der Waals surface area contributed by atoms with E-state index in [4.69, 9.17) is 21.3 Å². The number of fused-ring (bicyclic) bond motifs is 3. The summed E-state index contributed by atoms with van der Waals surface area (Å²) in [5, 5.41) is 1.75. The molecular weight excluding hydrogens is 488 g/mol. The molecule has 0 aliphatic carbocycles. The summed E-state index contributed by atoms with van der Waals surface area (Å²) in [6, 6.07) is 14.6. The van der Waals surface area contributed by atoms with Crippen LogP contribution in [0.4, 0.5) is 0 Å². The third-order valence-corrected chi connectivity index (χ3v) is 8.22. The molecule has 0 N–H and O–H groups in total. The summed E-state index contributed by atoms with van der Waals surface area (Å²) in [6.07, 6.45) is 0.661. The van der Waals surface area contributed by atoms with E-state index in [2.05, 4.69) is 0 Å². The Kier molecular flexibility index (Phi) is 6.14. The number of halogens is 1. The highest BCUT2D eigenvalue weighted by atomic mass is 35.5. The molecule has 0 saturated carbocycles. The van der Waals surface area contributed by atoms with E-state index < -0.39 is 0 Å². The predicted molar refractivity (Wildman–Crippen MR) is 139 cm³/mol. The summed E-state index contributed by atoms with van der Waals surface area (Å²) in [4.78, 5) is 33.5. The molecule has 2 aromatic carbocycles. The van der Waals surface area contributed by atoms with Gasteiger partial charge >= 0.3 is 0 Å². The lowest BCUT2D eigenvalue weighted by atomic mass is 9.94. The lowest BCUT2D eigenvalue weighted by molar-refractivity contribution is -0.0379. The minimum Gasteiger partial charge on any atom is -0.370 e. The summed E-state index contributed by atoms with van der Waals surface area (Å²) in [5.74, 6) is 0.111. The van der Waals surface area contributed by atoms with E-state index in [1.807, 2.05) is 45.0 Å². The molecule has 34 heavy (non-hydrogen) atoms. The minimum absolute atomic E-state index is 0.0482. The molecule has 5 nitrogen and oxygen atoms in total. The van der Waals surface area contributed by atoms with Crippen LogP contribution >= 0.6 is 34.7 Å². The molecule has 0 atom stereocenters. The summed E-state index contributed by atoms with van der Waals surface area (Å²) in [6.45, 7) is 6.53. The monoisotopic (exact) mass is 510 g/mol. The Hall–Kier alpha value is -2.45. The average molecular weight is 511 g/mol. The first-order chi connectivity index (χ1) is 16.2. The highest BCUT2D eigenvalue weighted by Crippen LogP contribution is 2.38. The second-order valence-corrected chi connectivity index (χ2v) is 11.4. The van der Waals surface area contributed by atoms with Gasteiger partial charge in [-0.15, -0.1) is 11.3 Å². The van der Waals surface area contributed by atoms with Gasteiger partial charge < -0.3 is 4.74 Å². The molecule has 0 saturated heterocycles. The average Bonchev–Trinajstić information content (AvgIpc) is 3.15. The summed E-state index contributed by atoms with van der Waals surface area (Å²) >= 11 is 8.74. The van der Waals surface area contributed by atoms with Crippen LogP contribution < -0.4 is 5.56 Å². The number of ether oxygens (including phenoxy) is 1. The van der Waals surface area contributed by atoms with Gasteiger partial charge in [-0.05, 0) is 62.2 Å². The van der Waals surface area contributed by atoms with Crippen LogP contribution in [-0.2, 0) is 17.8 Å². The van der Waals surface area contributed by atoms with Crippen molar-refractivity contribution in [1.29, 1.82) is 0 Å². The van der Waals surface area contributed by atoms with E-state index in [-0.39, 0.29) is 22.7 Å². The largest absolute Gasteiger partial charge is 0.370 e. The highest BCUT2D eigenvalue weighted by molar-refractivity contribution is 7.99. The Labute approximate surface area is 210 Å². The number of aromatic nitrogens is 2. The number of para-hydroxylation sites is 1. The molecule has 1 aliphatic rings. The van der Waals surface area contributed by atoms with Gasteiger partial charge in [-0.25, -0.2) is 4.98 Å². The van der Waals surface area contributed by atoms with Crippen molar-refractivity contribution in [2.45, 2.75) is 44.6 Å². The maximum absolute atomic E-state index is 14.0. The number of Topliss-reactive ketones (excluding diaryl/α,β-unsaturated/α-hetero) is 1. The zero-order valence-electron chi connectivity index (χ0n) is 19.1. The van der Waals surface area contributed by atoms with Gasteiger partial charge in [0.05, 0.1) is 29.0 Å². The van der Waals surface area contributed by atoms with Crippen LogP contribution in [0.1, 0.15) is 40.2 Å². The zero-order chi connectivity index (χ0) is 24.0. The molecule has 174 valence electrons.